The van der Waals surface area contributed by atoms with E-state index in [1.165, 1.54) is 12.1 Å². The third-order valence-electron chi connectivity index (χ3n) is 5.00. The molecule has 0 saturated carbocycles. The van der Waals surface area contributed by atoms with Gasteiger partial charge in [-0.25, -0.2) is 0 Å². The lowest BCUT2D eigenvalue weighted by molar-refractivity contribution is -0.137. The lowest BCUT2D eigenvalue weighted by atomic mass is 9.82. The summed E-state index contributed by atoms with van der Waals surface area (Å²) in [6.45, 7) is 6.61. The molecular formula is C23H29F3O2S. The Morgan fingerprint density at radius 2 is 1.59 bits per heavy atom. The summed E-state index contributed by atoms with van der Waals surface area (Å²) in [6, 6.07) is 10.5. The Morgan fingerprint density at radius 1 is 0.966 bits per heavy atom. The molecule has 0 heterocycles. The molecule has 0 atom stereocenters. The number of aryl methyl sites for hydroxylation is 1. The molecule has 0 saturated heterocycles. The Kier molecular flexibility index (Phi) is 8.32. The number of aromatic hydroxyl groups is 1. The molecule has 0 fully saturated rings. The molecule has 6 heteroatoms. The quantitative estimate of drug-likeness (QED) is 0.399. The molecule has 0 spiro atoms. The number of rotatable bonds is 10. The van der Waals surface area contributed by atoms with Crippen molar-refractivity contribution >= 4 is 11.8 Å². The second-order valence-electron chi connectivity index (χ2n) is 7.55. The molecule has 0 aliphatic rings. The molecule has 0 amide bonds. The number of hydrogen-bond acceptors (Lipinski definition) is 3. The molecule has 0 unspecified atom stereocenters. The molecule has 2 rings (SSSR count). The van der Waals surface area contributed by atoms with E-state index in [1.807, 2.05) is 19.1 Å². The van der Waals surface area contributed by atoms with Crippen LogP contribution in [-0.2, 0) is 6.18 Å². The van der Waals surface area contributed by atoms with Crippen LogP contribution in [0.4, 0.5) is 13.2 Å². The Balaban J connectivity index is 2.10. The molecular weight excluding hydrogens is 397 g/mol. The number of thioether (sulfide) groups is 1. The molecule has 0 aromatic heterocycles. The second-order valence-corrected chi connectivity index (χ2v) is 8.60. The molecule has 160 valence electrons. The fourth-order valence-electron chi connectivity index (χ4n) is 3.45. The highest BCUT2D eigenvalue weighted by molar-refractivity contribution is 7.99. The van der Waals surface area contributed by atoms with Crippen molar-refractivity contribution in [3.8, 4) is 11.5 Å². The van der Waals surface area contributed by atoms with E-state index in [2.05, 4.69) is 13.8 Å². The van der Waals surface area contributed by atoms with Crippen LogP contribution in [-0.4, -0.2) is 17.5 Å². The van der Waals surface area contributed by atoms with E-state index in [9.17, 15) is 18.3 Å². The number of ether oxygens (including phenoxy) is 1. The summed E-state index contributed by atoms with van der Waals surface area (Å²) in [7, 11) is 0. The topological polar surface area (TPSA) is 29.5 Å². The van der Waals surface area contributed by atoms with Gasteiger partial charge in [-0.2, -0.15) is 13.2 Å². The largest absolute Gasteiger partial charge is 0.508 e. The van der Waals surface area contributed by atoms with E-state index in [0.717, 1.165) is 54.0 Å². The minimum atomic E-state index is -4.34. The number of benzene rings is 2. The van der Waals surface area contributed by atoms with Gasteiger partial charge >= 0.3 is 6.18 Å². The van der Waals surface area contributed by atoms with Gasteiger partial charge in [0.05, 0.1) is 12.2 Å². The van der Waals surface area contributed by atoms with Crippen molar-refractivity contribution in [3.05, 3.63) is 53.6 Å². The van der Waals surface area contributed by atoms with Crippen LogP contribution in [0.3, 0.4) is 0 Å². The molecule has 2 nitrogen and oxygen atoms in total. The molecule has 1 N–H and O–H groups in total. The maximum absolute atomic E-state index is 12.8. The molecule has 0 aliphatic carbocycles. The van der Waals surface area contributed by atoms with Crippen molar-refractivity contribution in [1.82, 2.24) is 0 Å². The van der Waals surface area contributed by atoms with Gasteiger partial charge in [-0.05, 0) is 67.8 Å². The zero-order chi connectivity index (χ0) is 21.5. The van der Waals surface area contributed by atoms with E-state index in [4.69, 9.17) is 4.74 Å². The predicted molar refractivity (Wildman–Crippen MR) is 113 cm³/mol. The maximum atomic E-state index is 12.8. The average Bonchev–Trinajstić information content (AvgIpc) is 2.67. The van der Waals surface area contributed by atoms with Crippen LogP contribution in [0.1, 0.15) is 50.7 Å². The summed E-state index contributed by atoms with van der Waals surface area (Å²) >= 11 is 1.73. The lowest BCUT2D eigenvalue weighted by Gasteiger charge is -2.33. The molecule has 0 aliphatic heterocycles. The summed E-state index contributed by atoms with van der Waals surface area (Å²) in [5.41, 5.74) is 0.104. The summed E-state index contributed by atoms with van der Waals surface area (Å²) < 4.78 is 44.2. The van der Waals surface area contributed by atoms with Crippen molar-refractivity contribution < 1.29 is 23.0 Å². The van der Waals surface area contributed by atoms with Crippen molar-refractivity contribution in [2.24, 2.45) is 5.41 Å². The number of alkyl halides is 3. The summed E-state index contributed by atoms with van der Waals surface area (Å²) in [4.78, 5) is 1.09. The van der Waals surface area contributed by atoms with Crippen LogP contribution in [0.2, 0.25) is 0 Å². The summed E-state index contributed by atoms with van der Waals surface area (Å²) in [5, 5.41) is 9.72. The monoisotopic (exact) mass is 426 g/mol. The summed E-state index contributed by atoms with van der Waals surface area (Å²) in [5.74, 6) is 1.59. The van der Waals surface area contributed by atoms with Gasteiger partial charge in [-0.3, -0.25) is 0 Å². The lowest BCUT2D eigenvalue weighted by Crippen LogP contribution is -2.31. The highest BCUT2D eigenvalue weighted by atomic mass is 32.2. The second kappa shape index (κ2) is 10.3. The Bertz CT molecular complexity index is 767. The first-order valence-corrected chi connectivity index (χ1v) is 10.9. The standard InChI is InChI=1S/C23H29F3O2S/c1-4-12-22(13-5-2,16-29-20-10-11-21(27)17(3)14-20)15-28-19-8-6-18(7-9-19)23(24,25)26/h6-11,14,27H,4-5,12-13,15-16H2,1-3H3. The van der Waals surface area contributed by atoms with Crippen LogP contribution >= 0.6 is 11.8 Å². The first-order chi connectivity index (χ1) is 13.7. The van der Waals surface area contributed by atoms with Crippen molar-refractivity contribution in [2.45, 2.75) is 57.5 Å². The Labute approximate surface area is 175 Å². The molecule has 29 heavy (non-hydrogen) atoms. The average molecular weight is 427 g/mol. The first kappa shape index (κ1) is 23.5. The van der Waals surface area contributed by atoms with Gasteiger partial charge in [-0.15, -0.1) is 11.8 Å². The van der Waals surface area contributed by atoms with Crippen LogP contribution in [0, 0.1) is 12.3 Å². The maximum Gasteiger partial charge on any atom is 0.416 e. The van der Waals surface area contributed by atoms with E-state index >= 15 is 0 Å². The van der Waals surface area contributed by atoms with Gasteiger partial charge in [0, 0.05) is 16.1 Å². The van der Waals surface area contributed by atoms with E-state index in [-0.39, 0.29) is 11.2 Å². The van der Waals surface area contributed by atoms with Crippen LogP contribution in [0.5, 0.6) is 11.5 Å². The van der Waals surface area contributed by atoms with Gasteiger partial charge < -0.3 is 9.84 Å². The van der Waals surface area contributed by atoms with E-state index in [1.54, 1.807) is 17.8 Å². The third kappa shape index (κ3) is 6.88. The SMILES string of the molecule is CCCC(CCC)(COc1ccc(C(F)(F)F)cc1)CSc1ccc(O)c(C)c1. The fraction of sp³-hybridized carbons (Fsp3) is 0.478. The number of phenolic OH excluding ortho intramolecular Hbond substituents is 1. The molecule has 2 aromatic carbocycles. The van der Waals surface area contributed by atoms with Crippen LogP contribution < -0.4 is 4.74 Å². The zero-order valence-electron chi connectivity index (χ0n) is 17.2. The van der Waals surface area contributed by atoms with Crippen LogP contribution in [0.25, 0.3) is 0 Å². The minimum Gasteiger partial charge on any atom is -0.508 e. The highest BCUT2D eigenvalue weighted by Crippen LogP contribution is 2.38. The fourth-order valence-corrected chi connectivity index (χ4v) is 4.72. The summed E-state index contributed by atoms with van der Waals surface area (Å²) in [6.07, 6.45) is -0.375. The number of phenols is 1. The van der Waals surface area contributed by atoms with Gasteiger partial charge in [0.1, 0.15) is 11.5 Å². The third-order valence-corrected chi connectivity index (χ3v) is 6.34. The smallest absolute Gasteiger partial charge is 0.416 e. The van der Waals surface area contributed by atoms with E-state index in [0.29, 0.717) is 12.4 Å². The van der Waals surface area contributed by atoms with Crippen molar-refractivity contribution in [3.63, 3.8) is 0 Å². The molecule has 0 radical (unpaired) electrons. The Hall–Kier alpha value is -1.82. The highest BCUT2D eigenvalue weighted by Gasteiger charge is 2.31. The molecule has 2 aromatic rings. The van der Waals surface area contributed by atoms with Gasteiger partial charge in [-0.1, -0.05) is 26.7 Å². The normalized spacial score (nSPS) is 12.2. The van der Waals surface area contributed by atoms with E-state index < -0.39 is 11.7 Å². The molecule has 0 bridgehead atoms. The predicted octanol–water partition coefficient (Wildman–Crippen LogP) is 7.48. The minimum absolute atomic E-state index is 0.0668. The van der Waals surface area contributed by atoms with Gasteiger partial charge in [0.25, 0.3) is 0 Å². The number of halogens is 3. The zero-order valence-corrected chi connectivity index (χ0v) is 18.0. The number of hydrogen-bond donors (Lipinski definition) is 1. The first-order valence-electron chi connectivity index (χ1n) is 9.91. The Morgan fingerprint density at radius 3 is 2.10 bits per heavy atom. The van der Waals surface area contributed by atoms with Gasteiger partial charge in [0.15, 0.2) is 0 Å². The van der Waals surface area contributed by atoms with Crippen molar-refractivity contribution in [1.29, 1.82) is 0 Å². The van der Waals surface area contributed by atoms with Crippen LogP contribution in [0.15, 0.2) is 47.4 Å². The van der Waals surface area contributed by atoms with Crippen molar-refractivity contribution in [2.75, 3.05) is 12.4 Å². The van der Waals surface area contributed by atoms with Gasteiger partial charge in [0.2, 0.25) is 0 Å².